The first-order valence-corrected chi connectivity index (χ1v) is 7.51. The zero-order valence-corrected chi connectivity index (χ0v) is 12.2. The van der Waals surface area contributed by atoms with Crippen molar-refractivity contribution in [3.05, 3.63) is 17.0 Å². The first kappa shape index (κ1) is 14.5. The molecule has 1 aliphatic carbocycles. The summed E-state index contributed by atoms with van der Waals surface area (Å²) in [5, 5.41) is 13.3. The lowest BCUT2D eigenvalue weighted by Crippen LogP contribution is -2.34. The highest BCUT2D eigenvalue weighted by atomic mass is 35.5. The van der Waals surface area contributed by atoms with Crippen LogP contribution in [0.3, 0.4) is 0 Å². The van der Waals surface area contributed by atoms with Crippen LogP contribution in [0.2, 0.25) is 5.15 Å². The summed E-state index contributed by atoms with van der Waals surface area (Å²) in [7, 11) is 0. The van der Waals surface area contributed by atoms with E-state index >= 15 is 0 Å². The minimum absolute atomic E-state index is 0.234. The third-order valence-electron chi connectivity index (χ3n) is 3.69. The quantitative estimate of drug-likeness (QED) is 0.816. The second-order valence-electron chi connectivity index (χ2n) is 5.22. The first-order chi connectivity index (χ1) is 9.22. The molecule has 2 atom stereocenters. The molecule has 5 heteroatoms. The van der Waals surface area contributed by atoms with Gasteiger partial charge in [0.1, 0.15) is 16.8 Å². The third-order valence-corrected chi connectivity index (χ3v) is 3.89. The van der Waals surface area contributed by atoms with Crippen LogP contribution in [0.25, 0.3) is 0 Å². The van der Waals surface area contributed by atoms with E-state index in [1.165, 1.54) is 12.8 Å². The van der Waals surface area contributed by atoms with E-state index in [0.29, 0.717) is 17.1 Å². The van der Waals surface area contributed by atoms with Gasteiger partial charge in [-0.3, -0.25) is 0 Å². The molecular formula is C14H22ClN3O. The molecular weight excluding hydrogens is 262 g/mol. The van der Waals surface area contributed by atoms with Crippen LogP contribution < -0.4 is 5.32 Å². The van der Waals surface area contributed by atoms with Gasteiger partial charge in [0, 0.05) is 31.1 Å². The standard InChI is InChI=1S/C14H22ClN3O/c1-2-5-13-17-12(15)8-14(18-13)16-11-7-4-3-6-10(11)9-19/h8,10-11,19H,2-7,9H2,1H3,(H,16,17,18). The van der Waals surface area contributed by atoms with Gasteiger partial charge in [0.05, 0.1) is 0 Å². The number of aryl methyl sites for hydroxylation is 1. The fraction of sp³-hybridized carbons (Fsp3) is 0.714. The molecule has 0 saturated heterocycles. The SMILES string of the molecule is CCCc1nc(Cl)cc(NC2CCCCC2CO)n1. The highest BCUT2D eigenvalue weighted by Crippen LogP contribution is 2.27. The first-order valence-electron chi connectivity index (χ1n) is 7.13. The number of aliphatic hydroxyl groups is 1. The minimum Gasteiger partial charge on any atom is -0.396 e. The Hall–Kier alpha value is -0.870. The molecule has 0 amide bonds. The second kappa shape index (κ2) is 7.06. The minimum atomic E-state index is 0.234. The zero-order valence-electron chi connectivity index (χ0n) is 11.4. The predicted molar refractivity (Wildman–Crippen MR) is 77.5 cm³/mol. The Balaban J connectivity index is 2.08. The Morgan fingerprint density at radius 2 is 2.16 bits per heavy atom. The smallest absolute Gasteiger partial charge is 0.134 e. The summed E-state index contributed by atoms with van der Waals surface area (Å²) in [6, 6.07) is 2.06. The van der Waals surface area contributed by atoms with E-state index in [0.717, 1.165) is 37.3 Å². The van der Waals surface area contributed by atoms with Gasteiger partial charge in [-0.15, -0.1) is 0 Å². The Morgan fingerprint density at radius 3 is 2.89 bits per heavy atom. The number of aromatic nitrogens is 2. The summed E-state index contributed by atoms with van der Waals surface area (Å²) < 4.78 is 0. The van der Waals surface area contributed by atoms with Crippen molar-refractivity contribution in [2.75, 3.05) is 11.9 Å². The number of hydrogen-bond acceptors (Lipinski definition) is 4. The largest absolute Gasteiger partial charge is 0.396 e. The second-order valence-corrected chi connectivity index (χ2v) is 5.61. The van der Waals surface area contributed by atoms with Crippen molar-refractivity contribution in [3.63, 3.8) is 0 Å². The Labute approximate surface area is 119 Å². The van der Waals surface area contributed by atoms with Gasteiger partial charge >= 0.3 is 0 Å². The molecule has 1 saturated carbocycles. The van der Waals surface area contributed by atoms with Gasteiger partial charge in [-0.2, -0.15) is 0 Å². The van der Waals surface area contributed by atoms with E-state index in [2.05, 4.69) is 22.2 Å². The molecule has 1 fully saturated rings. The number of anilines is 1. The summed E-state index contributed by atoms with van der Waals surface area (Å²) in [5.41, 5.74) is 0. The van der Waals surface area contributed by atoms with Crippen molar-refractivity contribution >= 4 is 17.4 Å². The van der Waals surface area contributed by atoms with Crippen LogP contribution in [-0.2, 0) is 6.42 Å². The van der Waals surface area contributed by atoms with Crippen LogP contribution in [0.1, 0.15) is 44.9 Å². The fourth-order valence-corrected chi connectivity index (χ4v) is 2.88. The van der Waals surface area contributed by atoms with Crippen LogP contribution in [-0.4, -0.2) is 27.7 Å². The highest BCUT2D eigenvalue weighted by molar-refractivity contribution is 6.29. The maximum absolute atomic E-state index is 9.43. The van der Waals surface area contributed by atoms with E-state index in [4.69, 9.17) is 11.6 Å². The average Bonchev–Trinajstić information content (AvgIpc) is 2.39. The van der Waals surface area contributed by atoms with Gasteiger partial charge in [-0.1, -0.05) is 31.4 Å². The molecule has 2 N–H and O–H groups in total. The molecule has 1 aromatic heterocycles. The molecule has 4 nitrogen and oxygen atoms in total. The lowest BCUT2D eigenvalue weighted by molar-refractivity contribution is 0.178. The molecule has 1 aliphatic rings. The van der Waals surface area contributed by atoms with Crippen LogP contribution >= 0.6 is 11.6 Å². The van der Waals surface area contributed by atoms with E-state index in [9.17, 15) is 5.11 Å². The maximum atomic E-state index is 9.43. The van der Waals surface area contributed by atoms with Crippen molar-refractivity contribution in [3.8, 4) is 0 Å². The summed E-state index contributed by atoms with van der Waals surface area (Å²) in [6.07, 6.45) is 6.40. The van der Waals surface area contributed by atoms with E-state index in [1.807, 2.05) is 0 Å². The number of nitrogens with one attached hydrogen (secondary N) is 1. The van der Waals surface area contributed by atoms with Crippen molar-refractivity contribution < 1.29 is 5.11 Å². The molecule has 1 heterocycles. The average molecular weight is 284 g/mol. The third kappa shape index (κ3) is 4.05. The van der Waals surface area contributed by atoms with Crippen LogP contribution in [0, 0.1) is 5.92 Å². The molecule has 0 spiro atoms. The lowest BCUT2D eigenvalue weighted by atomic mass is 9.85. The molecule has 106 valence electrons. The topological polar surface area (TPSA) is 58.0 Å². The zero-order chi connectivity index (χ0) is 13.7. The van der Waals surface area contributed by atoms with Gasteiger partial charge < -0.3 is 10.4 Å². The van der Waals surface area contributed by atoms with Crippen LogP contribution in [0.15, 0.2) is 6.07 Å². The molecule has 1 aromatic rings. The fourth-order valence-electron chi connectivity index (χ4n) is 2.68. The lowest BCUT2D eigenvalue weighted by Gasteiger charge is -2.31. The van der Waals surface area contributed by atoms with Crippen LogP contribution in [0.5, 0.6) is 0 Å². The van der Waals surface area contributed by atoms with E-state index in [-0.39, 0.29) is 6.61 Å². The van der Waals surface area contributed by atoms with Crippen molar-refractivity contribution in [2.24, 2.45) is 5.92 Å². The number of halogens is 1. The molecule has 0 aromatic carbocycles. The van der Waals surface area contributed by atoms with Gasteiger partial charge in [0.25, 0.3) is 0 Å². The van der Waals surface area contributed by atoms with E-state index in [1.54, 1.807) is 6.07 Å². The van der Waals surface area contributed by atoms with Gasteiger partial charge in [0.15, 0.2) is 0 Å². The van der Waals surface area contributed by atoms with E-state index < -0.39 is 0 Å². The summed E-state index contributed by atoms with van der Waals surface area (Å²) >= 11 is 6.03. The Kier molecular flexibility index (Phi) is 5.40. The highest BCUT2D eigenvalue weighted by Gasteiger charge is 2.24. The molecule has 0 radical (unpaired) electrons. The maximum Gasteiger partial charge on any atom is 0.134 e. The summed E-state index contributed by atoms with van der Waals surface area (Å²) in [5.74, 6) is 1.89. The molecule has 0 aliphatic heterocycles. The van der Waals surface area contributed by atoms with Crippen molar-refractivity contribution in [1.29, 1.82) is 0 Å². The Bertz CT molecular complexity index is 414. The molecule has 2 unspecified atom stereocenters. The summed E-state index contributed by atoms with van der Waals surface area (Å²) in [6.45, 7) is 2.33. The number of rotatable bonds is 5. The normalized spacial score (nSPS) is 23.3. The number of aliphatic hydroxyl groups excluding tert-OH is 1. The van der Waals surface area contributed by atoms with Crippen molar-refractivity contribution in [1.82, 2.24) is 9.97 Å². The van der Waals surface area contributed by atoms with Gasteiger partial charge in [-0.25, -0.2) is 9.97 Å². The number of nitrogens with zero attached hydrogens (tertiary/aromatic N) is 2. The van der Waals surface area contributed by atoms with Crippen molar-refractivity contribution in [2.45, 2.75) is 51.5 Å². The van der Waals surface area contributed by atoms with Gasteiger partial charge in [-0.05, 0) is 19.3 Å². The molecule has 0 bridgehead atoms. The Morgan fingerprint density at radius 1 is 1.37 bits per heavy atom. The number of hydrogen-bond donors (Lipinski definition) is 2. The van der Waals surface area contributed by atoms with Crippen LogP contribution in [0.4, 0.5) is 5.82 Å². The predicted octanol–water partition coefficient (Wildman–Crippen LogP) is 3.05. The summed E-state index contributed by atoms with van der Waals surface area (Å²) in [4.78, 5) is 8.72. The monoisotopic (exact) mass is 283 g/mol. The molecule has 19 heavy (non-hydrogen) atoms. The molecule has 2 rings (SSSR count). The van der Waals surface area contributed by atoms with Gasteiger partial charge in [0.2, 0.25) is 0 Å².